The van der Waals surface area contributed by atoms with E-state index >= 15 is 0 Å². The van der Waals surface area contributed by atoms with E-state index in [0.717, 1.165) is 5.56 Å². The van der Waals surface area contributed by atoms with Crippen LogP contribution in [-0.2, 0) is 17.8 Å². The van der Waals surface area contributed by atoms with Crippen molar-refractivity contribution < 1.29 is 19.4 Å². The maximum absolute atomic E-state index is 12.4. The largest absolute Gasteiger partial charge is 0.488 e. The molecule has 0 bridgehead atoms. The lowest BCUT2D eigenvalue weighted by molar-refractivity contribution is -0.136. The van der Waals surface area contributed by atoms with Gasteiger partial charge >= 0.3 is 5.97 Å². The zero-order valence-corrected chi connectivity index (χ0v) is 10.7. The Morgan fingerprint density at radius 1 is 1.37 bits per heavy atom. The van der Waals surface area contributed by atoms with Crippen LogP contribution in [0.5, 0.6) is 5.75 Å². The van der Waals surface area contributed by atoms with Crippen LogP contribution < -0.4 is 4.74 Å². The van der Waals surface area contributed by atoms with E-state index in [1.54, 1.807) is 18.2 Å². The van der Waals surface area contributed by atoms with Crippen LogP contribution in [-0.4, -0.2) is 16.9 Å². The van der Waals surface area contributed by atoms with Gasteiger partial charge in [-0.1, -0.05) is 6.07 Å². The Kier molecular flexibility index (Phi) is 2.83. The quantitative estimate of drug-likeness (QED) is 0.913. The highest BCUT2D eigenvalue weighted by atomic mass is 32.1. The van der Waals surface area contributed by atoms with Gasteiger partial charge in [-0.25, -0.2) is 0 Å². The van der Waals surface area contributed by atoms with Crippen LogP contribution in [0.2, 0.25) is 0 Å². The smallest absolute Gasteiger partial charge is 0.307 e. The van der Waals surface area contributed by atoms with Crippen molar-refractivity contribution in [2.24, 2.45) is 0 Å². The van der Waals surface area contributed by atoms with Crippen LogP contribution in [0.15, 0.2) is 29.6 Å². The molecule has 19 heavy (non-hydrogen) atoms. The number of hydrogen-bond acceptors (Lipinski definition) is 4. The Labute approximate surface area is 113 Å². The average Bonchev–Trinajstić information content (AvgIpc) is 2.79. The van der Waals surface area contributed by atoms with E-state index in [9.17, 15) is 9.59 Å². The third-order valence-corrected chi connectivity index (χ3v) is 3.94. The number of benzene rings is 1. The number of carboxylic acid groups (broad SMARTS) is 1. The van der Waals surface area contributed by atoms with Gasteiger partial charge in [-0.05, 0) is 29.1 Å². The van der Waals surface area contributed by atoms with Gasteiger partial charge in [-0.3, -0.25) is 9.59 Å². The standard InChI is InChI=1S/C14H10O4S/c15-12(16)6-8-1-2-11-10(5-8)13(17)14-9(7-18-11)3-4-19-14/h1-5H,6-7H2,(H,15,16). The molecular formula is C14H10O4S. The van der Waals surface area contributed by atoms with Gasteiger partial charge < -0.3 is 9.84 Å². The molecule has 0 aliphatic carbocycles. The summed E-state index contributed by atoms with van der Waals surface area (Å²) in [6.07, 6.45) is -0.0993. The third-order valence-electron chi connectivity index (χ3n) is 2.98. The summed E-state index contributed by atoms with van der Waals surface area (Å²) in [6, 6.07) is 6.84. The predicted molar refractivity (Wildman–Crippen MR) is 69.9 cm³/mol. The fourth-order valence-corrected chi connectivity index (χ4v) is 2.96. The van der Waals surface area contributed by atoms with Crippen molar-refractivity contribution in [1.29, 1.82) is 0 Å². The van der Waals surface area contributed by atoms with Crippen LogP contribution in [0.3, 0.4) is 0 Å². The van der Waals surface area contributed by atoms with Crippen LogP contribution in [0, 0.1) is 0 Å². The highest BCUT2D eigenvalue weighted by molar-refractivity contribution is 7.12. The van der Waals surface area contributed by atoms with Gasteiger partial charge in [0.25, 0.3) is 0 Å². The zero-order chi connectivity index (χ0) is 13.4. The predicted octanol–water partition coefficient (Wildman–Crippen LogP) is 2.50. The topological polar surface area (TPSA) is 63.6 Å². The number of carboxylic acids is 1. The molecule has 2 aromatic rings. The van der Waals surface area contributed by atoms with E-state index in [4.69, 9.17) is 9.84 Å². The van der Waals surface area contributed by atoms with E-state index in [1.165, 1.54) is 11.3 Å². The third kappa shape index (κ3) is 2.13. The fourth-order valence-electron chi connectivity index (χ4n) is 2.09. The van der Waals surface area contributed by atoms with Crippen LogP contribution in [0.4, 0.5) is 0 Å². The summed E-state index contributed by atoms with van der Waals surface area (Å²) in [7, 11) is 0. The molecule has 1 aliphatic rings. The SMILES string of the molecule is O=C(O)Cc1ccc2c(c1)C(=O)c1sccc1CO2. The molecule has 1 aromatic heterocycles. The normalized spacial score (nSPS) is 13.2. The lowest BCUT2D eigenvalue weighted by Gasteiger charge is -2.07. The number of carbonyl (C=O) groups is 2. The highest BCUT2D eigenvalue weighted by Gasteiger charge is 2.23. The molecule has 0 unspecified atom stereocenters. The van der Waals surface area contributed by atoms with E-state index in [1.807, 2.05) is 11.4 Å². The first-order valence-corrected chi connectivity index (χ1v) is 6.61. The molecule has 1 aromatic carbocycles. The number of fused-ring (bicyclic) bond motifs is 2. The van der Waals surface area contributed by atoms with Gasteiger partial charge in [0.2, 0.25) is 5.78 Å². The number of thiophene rings is 1. The minimum Gasteiger partial charge on any atom is -0.488 e. The van der Waals surface area contributed by atoms with Crippen molar-refractivity contribution in [2.75, 3.05) is 0 Å². The van der Waals surface area contributed by atoms with Gasteiger partial charge in [0, 0.05) is 5.56 Å². The monoisotopic (exact) mass is 274 g/mol. The molecular weight excluding hydrogens is 264 g/mol. The molecule has 0 saturated heterocycles. The first-order chi connectivity index (χ1) is 9.15. The van der Waals surface area contributed by atoms with E-state index in [0.29, 0.717) is 28.4 Å². The van der Waals surface area contributed by atoms with Gasteiger partial charge in [0.05, 0.1) is 16.9 Å². The van der Waals surface area contributed by atoms with Crippen molar-refractivity contribution in [3.05, 3.63) is 51.2 Å². The zero-order valence-electron chi connectivity index (χ0n) is 9.88. The second-order valence-corrected chi connectivity index (χ2v) is 5.21. The minimum atomic E-state index is -0.918. The van der Waals surface area contributed by atoms with Crippen LogP contribution in [0.25, 0.3) is 0 Å². The van der Waals surface area contributed by atoms with Gasteiger partial charge in [0.1, 0.15) is 12.4 Å². The second-order valence-electron chi connectivity index (χ2n) is 4.29. The Morgan fingerprint density at radius 3 is 3.00 bits per heavy atom. The molecule has 1 aliphatic heterocycles. The maximum Gasteiger partial charge on any atom is 0.307 e. The Bertz CT molecular complexity index is 672. The summed E-state index contributed by atoms with van der Waals surface area (Å²) in [5.41, 5.74) is 1.93. The Balaban J connectivity index is 2.07. The van der Waals surface area contributed by atoms with Crippen LogP contribution in [0.1, 0.15) is 26.4 Å². The minimum absolute atomic E-state index is 0.0928. The molecule has 96 valence electrons. The summed E-state index contributed by atoms with van der Waals surface area (Å²) in [5.74, 6) is -0.494. The lowest BCUT2D eigenvalue weighted by Crippen LogP contribution is -2.04. The van der Waals surface area contributed by atoms with Gasteiger partial charge in [0.15, 0.2) is 0 Å². The molecule has 0 amide bonds. The maximum atomic E-state index is 12.4. The molecule has 2 heterocycles. The molecule has 3 rings (SSSR count). The van der Waals surface area contributed by atoms with Crippen molar-refractivity contribution >= 4 is 23.1 Å². The van der Waals surface area contributed by atoms with Crippen molar-refractivity contribution in [3.63, 3.8) is 0 Å². The fraction of sp³-hybridized carbons (Fsp3) is 0.143. The first kappa shape index (κ1) is 11.9. The van der Waals surface area contributed by atoms with Gasteiger partial charge in [-0.15, -0.1) is 11.3 Å². The Hall–Kier alpha value is -2.14. The highest BCUT2D eigenvalue weighted by Crippen LogP contribution is 2.31. The van der Waals surface area contributed by atoms with E-state index < -0.39 is 5.97 Å². The second kappa shape index (κ2) is 4.51. The number of ketones is 1. The number of aliphatic carboxylic acids is 1. The number of carbonyl (C=O) groups excluding carboxylic acids is 1. The number of hydrogen-bond donors (Lipinski definition) is 1. The van der Waals surface area contributed by atoms with Crippen molar-refractivity contribution in [3.8, 4) is 5.75 Å². The molecule has 4 nitrogen and oxygen atoms in total. The number of ether oxygens (including phenoxy) is 1. The first-order valence-electron chi connectivity index (χ1n) is 5.74. The van der Waals surface area contributed by atoms with Crippen molar-refractivity contribution in [1.82, 2.24) is 0 Å². The van der Waals surface area contributed by atoms with Crippen molar-refractivity contribution in [2.45, 2.75) is 13.0 Å². The average molecular weight is 274 g/mol. The molecule has 0 radical (unpaired) electrons. The summed E-state index contributed by atoms with van der Waals surface area (Å²) in [5, 5.41) is 10.7. The molecule has 5 heteroatoms. The molecule has 0 fully saturated rings. The van der Waals surface area contributed by atoms with E-state index in [-0.39, 0.29) is 12.2 Å². The summed E-state index contributed by atoms with van der Waals surface area (Å²) in [6.45, 7) is 0.371. The summed E-state index contributed by atoms with van der Waals surface area (Å²) < 4.78 is 5.60. The lowest BCUT2D eigenvalue weighted by atomic mass is 10.0. The Morgan fingerprint density at radius 2 is 2.21 bits per heavy atom. The molecule has 0 saturated carbocycles. The van der Waals surface area contributed by atoms with Gasteiger partial charge in [-0.2, -0.15) is 0 Å². The molecule has 0 atom stereocenters. The van der Waals surface area contributed by atoms with E-state index in [2.05, 4.69) is 0 Å². The molecule has 0 spiro atoms. The summed E-state index contributed by atoms with van der Waals surface area (Å²) in [4.78, 5) is 23.8. The van der Waals surface area contributed by atoms with Crippen LogP contribution >= 0.6 is 11.3 Å². The molecule has 1 N–H and O–H groups in total. The number of rotatable bonds is 2. The summed E-state index contributed by atoms with van der Waals surface area (Å²) >= 11 is 1.38.